The maximum Gasteiger partial charge on any atom is 0.0874 e. The Hall–Kier alpha value is -1.78. The number of aliphatic hydroxyl groups is 1. The van der Waals surface area contributed by atoms with Gasteiger partial charge in [0, 0.05) is 6.42 Å². The number of terminal acetylenes is 1. The van der Waals surface area contributed by atoms with Crippen molar-refractivity contribution in [1.29, 1.82) is 0 Å². The second kappa shape index (κ2) is 6.73. The van der Waals surface area contributed by atoms with E-state index in [1.165, 1.54) is 0 Å². The van der Waals surface area contributed by atoms with Gasteiger partial charge in [-0.1, -0.05) is 48.6 Å². The van der Waals surface area contributed by atoms with Crippen molar-refractivity contribution in [2.24, 2.45) is 0 Å². The summed E-state index contributed by atoms with van der Waals surface area (Å²) < 4.78 is 0. The van der Waals surface area contributed by atoms with E-state index in [9.17, 15) is 5.11 Å². The maximum absolute atomic E-state index is 10.4. The Bertz CT molecular complexity index is 411. The van der Waals surface area contributed by atoms with E-state index in [-0.39, 0.29) is 0 Å². The molecule has 1 rings (SSSR count). The lowest BCUT2D eigenvalue weighted by Gasteiger charge is -2.22. The Morgan fingerprint density at radius 1 is 1.35 bits per heavy atom. The van der Waals surface area contributed by atoms with Crippen LogP contribution in [0.1, 0.15) is 24.8 Å². The molecule has 0 aliphatic rings. The summed E-state index contributed by atoms with van der Waals surface area (Å²) in [7, 11) is 0. The van der Waals surface area contributed by atoms with E-state index in [4.69, 9.17) is 6.42 Å². The fourth-order valence-corrected chi connectivity index (χ4v) is 1.61. The van der Waals surface area contributed by atoms with Crippen LogP contribution in [0.2, 0.25) is 0 Å². The second-order valence-corrected chi connectivity index (χ2v) is 4.04. The van der Waals surface area contributed by atoms with E-state index in [0.29, 0.717) is 19.3 Å². The molecule has 0 bridgehead atoms. The topological polar surface area (TPSA) is 20.2 Å². The summed E-state index contributed by atoms with van der Waals surface area (Å²) in [6.07, 6.45) is 12.3. The normalized spacial score (nSPS) is 14.1. The summed E-state index contributed by atoms with van der Waals surface area (Å²) in [6.45, 7) is 3.66. The van der Waals surface area contributed by atoms with E-state index < -0.39 is 5.60 Å². The zero-order valence-electron chi connectivity index (χ0n) is 9.97. The van der Waals surface area contributed by atoms with Crippen LogP contribution in [0.5, 0.6) is 0 Å². The highest BCUT2D eigenvalue weighted by Crippen LogP contribution is 2.21. The van der Waals surface area contributed by atoms with Crippen molar-refractivity contribution < 1.29 is 5.11 Å². The van der Waals surface area contributed by atoms with Crippen LogP contribution < -0.4 is 0 Å². The molecule has 0 aliphatic heterocycles. The summed E-state index contributed by atoms with van der Waals surface area (Å²) in [6, 6.07) is 9.88. The molecule has 1 N–H and O–H groups in total. The van der Waals surface area contributed by atoms with Gasteiger partial charge in [0.05, 0.1) is 5.60 Å². The fraction of sp³-hybridized carbons (Fsp3) is 0.250. The monoisotopic (exact) mass is 226 g/mol. The third-order valence-corrected chi connectivity index (χ3v) is 2.59. The highest BCUT2D eigenvalue weighted by molar-refractivity contribution is 5.50. The first-order valence-corrected chi connectivity index (χ1v) is 5.71. The largest absolute Gasteiger partial charge is 0.385 e. The van der Waals surface area contributed by atoms with Gasteiger partial charge in [0.1, 0.15) is 0 Å². The first kappa shape index (κ1) is 13.3. The minimum absolute atomic E-state index is 0.512. The predicted molar refractivity (Wildman–Crippen MR) is 73.3 cm³/mol. The van der Waals surface area contributed by atoms with Crippen molar-refractivity contribution in [1.82, 2.24) is 0 Å². The van der Waals surface area contributed by atoms with E-state index in [1.807, 2.05) is 36.4 Å². The van der Waals surface area contributed by atoms with Gasteiger partial charge in [-0.15, -0.1) is 18.9 Å². The molecule has 0 fully saturated rings. The van der Waals surface area contributed by atoms with E-state index in [1.54, 1.807) is 12.2 Å². The molecule has 1 atom stereocenters. The highest BCUT2D eigenvalue weighted by Gasteiger charge is 2.20. The summed E-state index contributed by atoms with van der Waals surface area (Å²) >= 11 is 0. The minimum Gasteiger partial charge on any atom is -0.385 e. The lowest BCUT2D eigenvalue weighted by atomic mass is 9.92. The van der Waals surface area contributed by atoms with Gasteiger partial charge >= 0.3 is 0 Å². The molecule has 0 aromatic heterocycles. The fourth-order valence-electron chi connectivity index (χ4n) is 1.61. The standard InChI is InChI=1S/C16H18O/c1-3-5-13-16(17,12-4-2)14-11-15-9-7-6-8-10-15/h1,4,6-11,14,17H,2,5,12-13H2/b14-11+. The van der Waals surface area contributed by atoms with Gasteiger partial charge < -0.3 is 5.11 Å². The molecule has 1 heteroatoms. The van der Waals surface area contributed by atoms with E-state index in [2.05, 4.69) is 12.5 Å². The SMILES string of the molecule is C#CCCC(O)(/C=C/c1ccccc1)CC=C. The van der Waals surface area contributed by atoms with Gasteiger partial charge in [-0.05, 0) is 18.4 Å². The van der Waals surface area contributed by atoms with Crippen LogP contribution in [0, 0.1) is 12.3 Å². The van der Waals surface area contributed by atoms with Gasteiger partial charge in [-0.25, -0.2) is 0 Å². The van der Waals surface area contributed by atoms with Crippen molar-refractivity contribution in [2.75, 3.05) is 0 Å². The van der Waals surface area contributed by atoms with Gasteiger partial charge in [0.15, 0.2) is 0 Å². The Kier molecular flexibility index (Phi) is 5.26. The first-order valence-electron chi connectivity index (χ1n) is 5.71. The molecule has 1 nitrogen and oxygen atoms in total. The van der Waals surface area contributed by atoms with Crippen LogP contribution in [0.15, 0.2) is 49.1 Å². The summed E-state index contributed by atoms with van der Waals surface area (Å²) in [5, 5.41) is 10.4. The number of hydrogen-bond acceptors (Lipinski definition) is 1. The van der Waals surface area contributed by atoms with Crippen molar-refractivity contribution >= 4 is 6.08 Å². The Morgan fingerprint density at radius 2 is 2.06 bits per heavy atom. The molecule has 0 radical (unpaired) electrons. The van der Waals surface area contributed by atoms with E-state index >= 15 is 0 Å². The zero-order chi connectivity index (χ0) is 12.6. The van der Waals surface area contributed by atoms with Crippen molar-refractivity contribution in [3.63, 3.8) is 0 Å². The van der Waals surface area contributed by atoms with Gasteiger partial charge in [-0.3, -0.25) is 0 Å². The molecule has 0 amide bonds. The van der Waals surface area contributed by atoms with Crippen molar-refractivity contribution in [3.05, 3.63) is 54.6 Å². The molecule has 0 saturated heterocycles. The molecule has 17 heavy (non-hydrogen) atoms. The average molecular weight is 226 g/mol. The summed E-state index contributed by atoms with van der Waals surface area (Å²) in [4.78, 5) is 0. The molecule has 1 aromatic carbocycles. The molecular weight excluding hydrogens is 208 g/mol. The Balaban J connectivity index is 2.76. The van der Waals surface area contributed by atoms with Crippen LogP contribution in [0.25, 0.3) is 6.08 Å². The lowest BCUT2D eigenvalue weighted by Crippen LogP contribution is -2.24. The quantitative estimate of drug-likeness (QED) is 0.582. The third-order valence-electron chi connectivity index (χ3n) is 2.59. The first-order chi connectivity index (χ1) is 8.20. The van der Waals surface area contributed by atoms with Gasteiger partial charge in [-0.2, -0.15) is 0 Å². The van der Waals surface area contributed by atoms with Gasteiger partial charge in [0.25, 0.3) is 0 Å². The minimum atomic E-state index is -0.885. The van der Waals surface area contributed by atoms with Crippen LogP contribution >= 0.6 is 0 Å². The lowest BCUT2D eigenvalue weighted by molar-refractivity contribution is 0.0873. The molecule has 0 saturated carbocycles. The molecule has 0 aliphatic carbocycles. The maximum atomic E-state index is 10.4. The Labute approximate surface area is 103 Å². The Morgan fingerprint density at radius 3 is 2.65 bits per heavy atom. The van der Waals surface area contributed by atoms with Crippen molar-refractivity contribution in [2.45, 2.75) is 24.9 Å². The average Bonchev–Trinajstić information content (AvgIpc) is 2.36. The van der Waals surface area contributed by atoms with Crippen LogP contribution in [0.3, 0.4) is 0 Å². The number of benzene rings is 1. The van der Waals surface area contributed by atoms with Crippen LogP contribution in [-0.2, 0) is 0 Å². The number of rotatable bonds is 6. The molecule has 0 spiro atoms. The predicted octanol–water partition coefficient (Wildman–Crippen LogP) is 3.42. The highest BCUT2D eigenvalue weighted by atomic mass is 16.3. The molecule has 0 heterocycles. The molecule has 1 unspecified atom stereocenters. The third kappa shape index (κ3) is 4.72. The molecule has 88 valence electrons. The van der Waals surface area contributed by atoms with Crippen molar-refractivity contribution in [3.8, 4) is 12.3 Å². The molecular formula is C16H18O. The summed E-state index contributed by atoms with van der Waals surface area (Å²) in [5.74, 6) is 2.55. The second-order valence-electron chi connectivity index (χ2n) is 4.04. The van der Waals surface area contributed by atoms with Crippen LogP contribution in [0.4, 0.5) is 0 Å². The summed E-state index contributed by atoms with van der Waals surface area (Å²) in [5.41, 5.74) is 0.180. The van der Waals surface area contributed by atoms with Gasteiger partial charge in [0.2, 0.25) is 0 Å². The van der Waals surface area contributed by atoms with E-state index in [0.717, 1.165) is 5.56 Å². The number of hydrogen-bond donors (Lipinski definition) is 1. The smallest absolute Gasteiger partial charge is 0.0874 e. The van der Waals surface area contributed by atoms with Crippen LogP contribution in [-0.4, -0.2) is 10.7 Å². The zero-order valence-corrected chi connectivity index (χ0v) is 9.97. The molecule has 1 aromatic rings.